The topological polar surface area (TPSA) is 26.0 Å². The summed E-state index contributed by atoms with van der Waals surface area (Å²) in [6.07, 6.45) is 4.30. The summed E-state index contributed by atoms with van der Waals surface area (Å²) in [4.78, 5) is 0. The van der Waals surface area contributed by atoms with Gasteiger partial charge in [0.2, 0.25) is 0 Å². The average Bonchev–Trinajstić information content (AvgIpc) is 2.51. The van der Waals surface area contributed by atoms with Gasteiger partial charge in [-0.3, -0.25) is 0 Å². The maximum absolute atomic E-state index is 6.35. The molecule has 0 radical (unpaired) electrons. The van der Waals surface area contributed by atoms with Crippen LogP contribution in [0.5, 0.6) is 0 Å². The Labute approximate surface area is 87.4 Å². The van der Waals surface area contributed by atoms with Crippen LogP contribution in [0, 0.1) is 28.1 Å². The van der Waals surface area contributed by atoms with E-state index in [0.717, 1.165) is 11.8 Å². The second-order valence-electron chi connectivity index (χ2n) is 7.08. The molecule has 0 saturated heterocycles. The number of rotatable bonds is 0. The first-order valence-corrected chi connectivity index (χ1v) is 6.11. The van der Waals surface area contributed by atoms with Crippen LogP contribution >= 0.6 is 0 Å². The molecule has 0 aromatic rings. The van der Waals surface area contributed by atoms with E-state index >= 15 is 0 Å². The van der Waals surface area contributed by atoms with Crippen molar-refractivity contribution in [1.82, 2.24) is 0 Å². The van der Waals surface area contributed by atoms with E-state index in [4.69, 9.17) is 5.73 Å². The standard InChI is InChI=1S/C13H23N/c1-11(2)8-5-6-13(9(11)7-8)10(14)12(13,3)4/h8-10H,5-7,14H2,1-4H3. The van der Waals surface area contributed by atoms with Crippen LogP contribution in [0.2, 0.25) is 0 Å². The highest BCUT2D eigenvalue weighted by Gasteiger charge is 2.78. The summed E-state index contributed by atoms with van der Waals surface area (Å²) < 4.78 is 0. The first kappa shape index (κ1) is 9.21. The third-order valence-corrected chi connectivity index (χ3v) is 6.45. The van der Waals surface area contributed by atoms with E-state index < -0.39 is 0 Å². The fourth-order valence-electron chi connectivity index (χ4n) is 5.04. The molecule has 2 bridgehead atoms. The number of hydrogen-bond acceptors (Lipinski definition) is 1. The molecular weight excluding hydrogens is 170 g/mol. The van der Waals surface area contributed by atoms with Crippen molar-refractivity contribution in [3.05, 3.63) is 0 Å². The molecule has 80 valence electrons. The summed E-state index contributed by atoms with van der Waals surface area (Å²) in [5, 5.41) is 0. The molecule has 0 aromatic heterocycles. The molecule has 0 aromatic carbocycles. The highest BCUT2D eigenvalue weighted by Crippen LogP contribution is 2.80. The van der Waals surface area contributed by atoms with Crippen LogP contribution in [0.1, 0.15) is 47.0 Å². The lowest BCUT2D eigenvalue weighted by atomic mass is 9.43. The van der Waals surface area contributed by atoms with Gasteiger partial charge in [-0.1, -0.05) is 27.7 Å². The van der Waals surface area contributed by atoms with Crippen LogP contribution in [-0.2, 0) is 0 Å². The van der Waals surface area contributed by atoms with E-state index in [0.29, 0.717) is 22.3 Å². The molecular formula is C13H23N. The molecule has 4 rings (SSSR count). The van der Waals surface area contributed by atoms with Crippen LogP contribution in [0.25, 0.3) is 0 Å². The van der Waals surface area contributed by atoms with Crippen molar-refractivity contribution < 1.29 is 0 Å². The Kier molecular flexibility index (Phi) is 1.36. The van der Waals surface area contributed by atoms with Gasteiger partial charge in [0.25, 0.3) is 0 Å². The number of hydrogen-bond donors (Lipinski definition) is 1. The van der Waals surface area contributed by atoms with Crippen LogP contribution in [0.4, 0.5) is 0 Å². The van der Waals surface area contributed by atoms with Crippen LogP contribution < -0.4 is 5.73 Å². The molecule has 0 aliphatic heterocycles. The Morgan fingerprint density at radius 1 is 1.14 bits per heavy atom. The summed E-state index contributed by atoms with van der Waals surface area (Å²) in [6, 6.07) is 0.473. The highest BCUT2D eigenvalue weighted by molar-refractivity contribution is 5.29. The zero-order valence-electron chi connectivity index (χ0n) is 9.93. The normalized spacial score (nSPS) is 56.8. The van der Waals surface area contributed by atoms with E-state index in [9.17, 15) is 0 Å². The summed E-state index contributed by atoms with van der Waals surface area (Å²) in [5.41, 5.74) is 7.87. The second kappa shape index (κ2) is 2.07. The van der Waals surface area contributed by atoms with Crippen molar-refractivity contribution in [2.45, 2.75) is 53.0 Å². The molecule has 1 spiro atoms. The quantitative estimate of drug-likeness (QED) is 0.629. The van der Waals surface area contributed by atoms with Crippen molar-refractivity contribution >= 4 is 0 Å². The van der Waals surface area contributed by atoms with Crippen LogP contribution in [-0.4, -0.2) is 6.04 Å². The first-order valence-electron chi connectivity index (χ1n) is 6.11. The van der Waals surface area contributed by atoms with E-state index in [2.05, 4.69) is 27.7 Å². The van der Waals surface area contributed by atoms with Gasteiger partial charge in [-0.05, 0) is 47.3 Å². The van der Waals surface area contributed by atoms with Gasteiger partial charge in [-0.2, -0.15) is 0 Å². The fourth-order valence-corrected chi connectivity index (χ4v) is 5.04. The van der Waals surface area contributed by atoms with E-state index in [1.807, 2.05) is 0 Å². The molecule has 14 heavy (non-hydrogen) atoms. The van der Waals surface area contributed by atoms with Gasteiger partial charge in [0.15, 0.2) is 0 Å². The molecule has 4 saturated carbocycles. The maximum Gasteiger partial charge on any atom is 0.0162 e. The SMILES string of the molecule is CC1(C)C2CCC3(C1C2)C(N)C3(C)C. The van der Waals surface area contributed by atoms with Crippen molar-refractivity contribution in [2.75, 3.05) is 0 Å². The Bertz CT molecular complexity index is 288. The summed E-state index contributed by atoms with van der Waals surface area (Å²) in [7, 11) is 0. The fraction of sp³-hybridized carbons (Fsp3) is 1.00. The van der Waals surface area contributed by atoms with E-state index in [1.54, 1.807) is 0 Å². The molecule has 4 aliphatic rings. The molecule has 4 unspecified atom stereocenters. The summed E-state index contributed by atoms with van der Waals surface area (Å²) in [6.45, 7) is 9.69. The lowest BCUT2D eigenvalue weighted by Gasteiger charge is -2.62. The van der Waals surface area contributed by atoms with Gasteiger partial charge in [-0.15, -0.1) is 0 Å². The third kappa shape index (κ3) is 0.651. The van der Waals surface area contributed by atoms with Gasteiger partial charge in [0.05, 0.1) is 0 Å². The Hall–Kier alpha value is -0.0400. The Morgan fingerprint density at radius 2 is 1.71 bits per heavy atom. The zero-order chi connectivity index (χ0) is 10.4. The van der Waals surface area contributed by atoms with Gasteiger partial charge in [0, 0.05) is 6.04 Å². The molecule has 4 fully saturated rings. The zero-order valence-corrected chi connectivity index (χ0v) is 9.93. The third-order valence-electron chi connectivity index (χ3n) is 6.45. The summed E-state index contributed by atoms with van der Waals surface area (Å²) >= 11 is 0. The average molecular weight is 193 g/mol. The predicted octanol–water partition coefficient (Wildman–Crippen LogP) is 2.80. The minimum atomic E-state index is 0.417. The number of fused-ring (bicyclic) bond motifs is 1. The Balaban J connectivity index is 1.98. The molecule has 4 atom stereocenters. The van der Waals surface area contributed by atoms with E-state index in [1.165, 1.54) is 19.3 Å². The summed E-state index contributed by atoms with van der Waals surface area (Å²) in [5.74, 6) is 1.92. The molecule has 1 heteroatoms. The smallest absolute Gasteiger partial charge is 0.0162 e. The monoisotopic (exact) mass is 193 g/mol. The van der Waals surface area contributed by atoms with Gasteiger partial charge in [-0.25, -0.2) is 0 Å². The van der Waals surface area contributed by atoms with Crippen LogP contribution in [0.3, 0.4) is 0 Å². The molecule has 0 heterocycles. The minimum absolute atomic E-state index is 0.417. The first-order chi connectivity index (χ1) is 6.35. The maximum atomic E-state index is 6.35. The van der Waals surface area contributed by atoms with Gasteiger partial charge >= 0.3 is 0 Å². The largest absolute Gasteiger partial charge is 0.327 e. The van der Waals surface area contributed by atoms with Crippen molar-refractivity contribution in [3.63, 3.8) is 0 Å². The van der Waals surface area contributed by atoms with Crippen molar-refractivity contribution in [1.29, 1.82) is 0 Å². The van der Waals surface area contributed by atoms with Gasteiger partial charge in [0.1, 0.15) is 0 Å². The molecule has 4 aliphatic carbocycles. The van der Waals surface area contributed by atoms with Crippen molar-refractivity contribution in [3.8, 4) is 0 Å². The van der Waals surface area contributed by atoms with Gasteiger partial charge < -0.3 is 5.73 Å². The predicted molar refractivity (Wildman–Crippen MR) is 58.8 cm³/mol. The Morgan fingerprint density at radius 3 is 2.00 bits per heavy atom. The highest BCUT2D eigenvalue weighted by atomic mass is 15.0. The minimum Gasteiger partial charge on any atom is -0.327 e. The molecule has 2 N–H and O–H groups in total. The lowest BCUT2D eigenvalue weighted by molar-refractivity contribution is -0.129. The van der Waals surface area contributed by atoms with E-state index in [-0.39, 0.29) is 0 Å². The van der Waals surface area contributed by atoms with Crippen LogP contribution in [0.15, 0.2) is 0 Å². The lowest BCUT2D eigenvalue weighted by Crippen LogP contribution is -2.55. The molecule has 0 amide bonds. The number of nitrogens with two attached hydrogens (primary N) is 1. The van der Waals surface area contributed by atoms with Crippen molar-refractivity contribution in [2.24, 2.45) is 33.8 Å². The molecule has 1 nitrogen and oxygen atoms in total. The second-order valence-corrected chi connectivity index (χ2v) is 7.08.